The molecule has 0 spiro atoms. The maximum atomic E-state index is 12.1. The van der Waals surface area contributed by atoms with Crippen LogP contribution in [0.1, 0.15) is 41.8 Å². The molecular formula is C23H28N4O. The van der Waals surface area contributed by atoms with Crippen LogP contribution in [0.3, 0.4) is 0 Å². The Labute approximate surface area is 166 Å². The summed E-state index contributed by atoms with van der Waals surface area (Å²) in [4.78, 5) is 16.5. The quantitative estimate of drug-likeness (QED) is 0.575. The summed E-state index contributed by atoms with van der Waals surface area (Å²) in [5.41, 5.74) is 4.57. The van der Waals surface area contributed by atoms with Crippen molar-refractivity contribution in [3.63, 3.8) is 0 Å². The fourth-order valence-electron chi connectivity index (χ4n) is 3.41. The summed E-state index contributed by atoms with van der Waals surface area (Å²) in [6.07, 6.45) is 6.10. The third-order valence-corrected chi connectivity index (χ3v) is 4.97. The Morgan fingerprint density at radius 1 is 1.00 bits per heavy atom. The van der Waals surface area contributed by atoms with Gasteiger partial charge in [-0.15, -0.1) is 0 Å². The van der Waals surface area contributed by atoms with E-state index in [0.29, 0.717) is 13.0 Å². The van der Waals surface area contributed by atoms with Crippen LogP contribution in [0.15, 0.2) is 54.7 Å². The van der Waals surface area contributed by atoms with Gasteiger partial charge in [0.15, 0.2) is 5.82 Å². The Morgan fingerprint density at radius 3 is 2.54 bits per heavy atom. The fraction of sp³-hybridized carbons (Fsp3) is 0.348. The van der Waals surface area contributed by atoms with Crippen molar-refractivity contribution in [2.75, 3.05) is 6.54 Å². The Bertz CT molecular complexity index is 888. The fourth-order valence-corrected chi connectivity index (χ4v) is 3.41. The topological polar surface area (TPSA) is 59.8 Å². The van der Waals surface area contributed by atoms with Gasteiger partial charge in [0, 0.05) is 24.9 Å². The van der Waals surface area contributed by atoms with E-state index < -0.39 is 0 Å². The van der Waals surface area contributed by atoms with E-state index in [1.165, 1.54) is 11.1 Å². The average molecular weight is 377 g/mol. The van der Waals surface area contributed by atoms with Gasteiger partial charge in [-0.25, -0.2) is 9.67 Å². The van der Waals surface area contributed by atoms with Gasteiger partial charge >= 0.3 is 0 Å². The molecule has 5 nitrogen and oxygen atoms in total. The van der Waals surface area contributed by atoms with Gasteiger partial charge in [-0.3, -0.25) is 4.79 Å². The number of nitrogens with zero attached hydrogens (tertiary/aromatic N) is 3. The molecule has 0 aliphatic carbocycles. The zero-order valence-corrected chi connectivity index (χ0v) is 16.7. The van der Waals surface area contributed by atoms with E-state index in [0.717, 1.165) is 42.9 Å². The maximum absolute atomic E-state index is 12.1. The van der Waals surface area contributed by atoms with Crippen molar-refractivity contribution in [2.45, 2.75) is 46.0 Å². The average Bonchev–Trinajstić information content (AvgIpc) is 3.01. The molecule has 0 bridgehead atoms. The second-order valence-corrected chi connectivity index (χ2v) is 7.04. The number of hydrogen-bond acceptors (Lipinski definition) is 3. The van der Waals surface area contributed by atoms with Crippen molar-refractivity contribution in [2.24, 2.45) is 0 Å². The van der Waals surface area contributed by atoms with Crippen molar-refractivity contribution in [3.8, 4) is 5.82 Å². The molecule has 0 radical (unpaired) electrons. The first kappa shape index (κ1) is 19.8. The molecule has 1 N–H and O–H groups in total. The first-order valence-electron chi connectivity index (χ1n) is 9.92. The number of amides is 1. The van der Waals surface area contributed by atoms with Gasteiger partial charge in [-0.05, 0) is 62.8 Å². The molecule has 0 aliphatic rings. The van der Waals surface area contributed by atoms with E-state index in [9.17, 15) is 4.79 Å². The Morgan fingerprint density at radius 2 is 1.79 bits per heavy atom. The number of nitrogens with one attached hydrogen (secondary N) is 1. The number of rotatable bonds is 9. The number of carbonyl (C=O) groups excluding carboxylic acids is 1. The largest absolute Gasteiger partial charge is 0.356 e. The predicted octanol–water partition coefficient (Wildman–Crippen LogP) is 3.96. The summed E-state index contributed by atoms with van der Waals surface area (Å²) in [6.45, 7) is 4.69. The van der Waals surface area contributed by atoms with Crippen LogP contribution < -0.4 is 5.32 Å². The highest BCUT2D eigenvalue weighted by Crippen LogP contribution is 2.17. The summed E-state index contributed by atoms with van der Waals surface area (Å²) < 4.78 is 1.87. The summed E-state index contributed by atoms with van der Waals surface area (Å²) in [7, 11) is 0. The number of benzene rings is 1. The zero-order valence-electron chi connectivity index (χ0n) is 16.7. The number of hydrogen-bond donors (Lipinski definition) is 1. The lowest BCUT2D eigenvalue weighted by molar-refractivity contribution is -0.121. The molecule has 0 aliphatic heterocycles. The second kappa shape index (κ2) is 9.83. The van der Waals surface area contributed by atoms with Crippen molar-refractivity contribution >= 4 is 5.91 Å². The number of unbranched alkanes of at least 4 members (excludes halogenated alkanes) is 1. The Kier molecular flexibility index (Phi) is 6.95. The van der Waals surface area contributed by atoms with Crippen molar-refractivity contribution in [1.82, 2.24) is 20.1 Å². The molecule has 5 heteroatoms. The second-order valence-electron chi connectivity index (χ2n) is 7.04. The summed E-state index contributed by atoms with van der Waals surface area (Å²) in [6, 6.07) is 16.2. The van der Waals surface area contributed by atoms with Gasteiger partial charge in [0.2, 0.25) is 5.91 Å². The van der Waals surface area contributed by atoms with Gasteiger partial charge in [-0.2, -0.15) is 5.10 Å². The molecule has 3 rings (SSSR count). The van der Waals surface area contributed by atoms with E-state index in [2.05, 4.69) is 46.6 Å². The summed E-state index contributed by atoms with van der Waals surface area (Å²) in [5, 5.41) is 7.65. The van der Waals surface area contributed by atoms with Crippen LogP contribution in [0.2, 0.25) is 0 Å². The molecule has 146 valence electrons. The molecule has 0 atom stereocenters. The highest BCUT2D eigenvalue weighted by atomic mass is 16.1. The lowest BCUT2D eigenvalue weighted by atomic mass is 10.1. The van der Waals surface area contributed by atoms with E-state index >= 15 is 0 Å². The number of pyridine rings is 1. The molecule has 0 saturated carbocycles. The minimum absolute atomic E-state index is 0.125. The van der Waals surface area contributed by atoms with Gasteiger partial charge in [-0.1, -0.05) is 36.4 Å². The van der Waals surface area contributed by atoms with Crippen LogP contribution in [0.4, 0.5) is 0 Å². The van der Waals surface area contributed by atoms with Crippen LogP contribution in [0.5, 0.6) is 0 Å². The van der Waals surface area contributed by atoms with E-state index in [-0.39, 0.29) is 5.91 Å². The van der Waals surface area contributed by atoms with Crippen LogP contribution >= 0.6 is 0 Å². The highest BCUT2D eigenvalue weighted by molar-refractivity contribution is 5.75. The van der Waals surface area contributed by atoms with Crippen LogP contribution in [0.25, 0.3) is 5.82 Å². The summed E-state index contributed by atoms with van der Waals surface area (Å²) >= 11 is 0. The SMILES string of the molecule is Cc1nn(-c2ccccn2)c(C)c1CCNC(=O)CCCCc1ccccc1. The number of aromatic nitrogens is 3. The standard InChI is InChI=1S/C23H28N4O/c1-18-21(19(2)27(26-18)22-13-8-9-16-24-22)15-17-25-23(28)14-7-6-12-20-10-4-3-5-11-20/h3-5,8-11,13,16H,6-7,12,14-15,17H2,1-2H3,(H,25,28). The first-order chi connectivity index (χ1) is 13.6. The van der Waals surface area contributed by atoms with Crippen molar-refractivity contribution < 1.29 is 4.79 Å². The van der Waals surface area contributed by atoms with Gasteiger partial charge in [0.1, 0.15) is 0 Å². The third kappa shape index (κ3) is 5.28. The number of carbonyl (C=O) groups is 1. The van der Waals surface area contributed by atoms with Crippen LogP contribution in [-0.2, 0) is 17.6 Å². The molecule has 0 unspecified atom stereocenters. The Hall–Kier alpha value is -2.95. The van der Waals surface area contributed by atoms with Gasteiger partial charge in [0.05, 0.1) is 5.69 Å². The molecule has 0 saturated heterocycles. The minimum atomic E-state index is 0.125. The maximum Gasteiger partial charge on any atom is 0.220 e. The van der Waals surface area contributed by atoms with Crippen LogP contribution in [0, 0.1) is 13.8 Å². The third-order valence-electron chi connectivity index (χ3n) is 4.97. The van der Waals surface area contributed by atoms with E-state index in [4.69, 9.17) is 0 Å². The molecule has 1 amide bonds. The predicted molar refractivity (Wildman–Crippen MR) is 112 cm³/mol. The highest BCUT2D eigenvalue weighted by Gasteiger charge is 2.13. The van der Waals surface area contributed by atoms with Crippen molar-refractivity contribution in [1.29, 1.82) is 0 Å². The monoisotopic (exact) mass is 376 g/mol. The normalized spacial score (nSPS) is 10.8. The van der Waals surface area contributed by atoms with Gasteiger partial charge < -0.3 is 5.32 Å². The van der Waals surface area contributed by atoms with E-state index in [1.807, 2.05) is 35.9 Å². The molecular weight excluding hydrogens is 348 g/mol. The van der Waals surface area contributed by atoms with E-state index in [1.54, 1.807) is 6.20 Å². The molecule has 3 aromatic rings. The zero-order chi connectivity index (χ0) is 19.8. The summed E-state index contributed by atoms with van der Waals surface area (Å²) in [5.74, 6) is 0.942. The van der Waals surface area contributed by atoms with Crippen LogP contribution in [-0.4, -0.2) is 27.2 Å². The van der Waals surface area contributed by atoms with Gasteiger partial charge in [0.25, 0.3) is 0 Å². The first-order valence-corrected chi connectivity index (χ1v) is 9.92. The molecule has 0 fully saturated rings. The number of aryl methyl sites for hydroxylation is 2. The molecule has 2 aromatic heterocycles. The smallest absolute Gasteiger partial charge is 0.220 e. The minimum Gasteiger partial charge on any atom is -0.356 e. The lowest BCUT2D eigenvalue weighted by Crippen LogP contribution is -2.25. The lowest BCUT2D eigenvalue weighted by Gasteiger charge is -2.07. The molecule has 1 aromatic carbocycles. The molecule has 28 heavy (non-hydrogen) atoms. The van der Waals surface area contributed by atoms with Crippen molar-refractivity contribution in [3.05, 3.63) is 77.2 Å². The Balaban J connectivity index is 1.42. The molecule has 2 heterocycles.